The SMILES string of the molecule is Cc1cc(C)nc(CCNC(=O)[C@@H]2CC(=O)N(Cc3cccnc3)C2)n1. The first kappa shape index (κ1) is 18.0. The number of amides is 2. The summed E-state index contributed by atoms with van der Waals surface area (Å²) in [6.45, 7) is 5.26. The third-order valence-corrected chi connectivity index (χ3v) is 4.36. The lowest BCUT2D eigenvalue weighted by molar-refractivity contribution is -0.129. The first-order valence-corrected chi connectivity index (χ1v) is 8.77. The third kappa shape index (κ3) is 4.62. The van der Waals surface area contributed by atoms with E-state index in [9.17, 15) is 9.59 Å². The number of nitrogens with one attached hydrogen (secondary N) is 1. The highest BCUT2D eigenvalue weighted by atomic mass is 16.2. The van der Waals surface area contributed by atoms with Crippen molar-refractivity contribution >= 4 is 11.8 Å². The molecule has 0 unspecified atom stereocenters. The van der Waals surface area contributed by atoms with Gasteiger partial charge in [0.25, 0.3) is 0 Å². The van der Waals surface area contributed by atoms with Crippen LogP contribution in [0.3, 0.4) is 0 Å². The predicted octanol–water partition coefficient (Wildman–Crippen LogP) is 1.20. The van der Waals surface area contributed by atoms with Gasteiger partial charge in [-0.05, 0) is 31.5 Å². The van der Waals surface area contributed by atoms with Crippen molar-refractivity contribution in [1.29, 1.82) is 0 Å². The first-order valence-electron chi connectivity index (χ1n) is 8.77. The van der Waals surface area contributed by atoms with Crippen molar-refractivity contribution in [1.82, 2.24) is 25.2 Å². The van der Waals surface area contributed by atoms with E-state index < -0.39 is 0 Å². The number of likely N-dealkylation sites (tertiary alicyclic amines) is 1. The second-order valence-electron chi connectivity index (χ2n) is 6.64. The molecule has 0 bridgehead atoms. The molecule has 0 radical (unpaired) electrons. The topological polar surface area (TPSA) is 88.1 Å². The van der Waals surface area contributed by atoms with Crippen molar-refractivity contribution in [3.8, 4) is 0 Å². The Morgan fingerprint density at radius 3 is 2.77 bits per heavy atom. The lowest BCUT2D eigenvalue weighted by Crippen LogP contribution is -2.34. The maximum atomic E-state index is 12.4. The number of pyridine rings is 1. The van der Waals surface area contributed by atoms with Gasteiger partial charge in [0.15, 0.2) is 0 Å². The van der Waals surface area contributed by atoms with E-state index in [-0.39, 0.29) is 24.2 Å². The molecule has 1 N–H and O–H groups in total. The molecule has 136 valence electrons. The quantitative estimate of drug-likeness (QED) is 0.843. The van der Waals surface area contributed by atoms with E-state index in [1.807, 2.05) is 32.0 Å². The Hall–Kier alpha value is -2.83. The van der Waals surface area contributed by atoms with Crippen LogP contribution in [0.25, 0.3) is 0 Å². The second kappa shape index (κ2) is 8.03. The molecule has 1 aliphatic rings. The first-order chi connectivity index (χ1) is 12.5. The van der Waals surface area contributed by atoms with Gasteiger partial charge in [0.1, 0.15) is 5.82 Å². The largest absolute Gasteiger partial charge is 0.355 e. The molecule has 3 heterocycles. The Bertz CT molecular complexity index is 774. The molecule has 3 rings (SSSR count). The van der Waals surface area contributed by atoms with E-state index in [1.54, 1.807) is 17.3 Å². The van der Waals surface area contributed by atoms with Gasteiger partial charge in [0.2, 0.25) is 11.8 Å². The summed E-state index contributed by atoms with van der Waals surface area (Å²) in [5.74, 6) is 0.339. The van der Waals surface area contributed by atoms with Crippen molar-refractivity contribution in [2.24, 2.45) is 5.92 Å². The van der Waals surface area contributed by atoms with E-state index >= 15 is 0 Å². The average molecular weight is 353 g/mol. The molecule has 1 atom stereocenters. The van der Waals surface area contributed by atoms with Gasteiger partial charge in [-0.1, -0.05) is 6.07 Å². The van der Waals surface area contributed by atoms with Gasteiger partial charge in [-0.3, -0.25) is 14.6 Å². The van der Waals surface area contributed by atoms with Gasteiger partial charge in [-0.2, -0.15) is 0 Å². The molecule has 0 aliphatic carbocycles. The van der Waals surface area contributed by atoms with Gasteiger partial charge in [0, 0.05) is 56.3 Å². The van der Waals surface area contributed by atoms with Crippen LogP contribution in [0, 0.1) is 19.8 Å². The van der Waals surface area contributed by atoms with Gasteiger partial charge >= 0.3 is 0 Å². The minimum absolute atomic E-state index is 0.00615. The van der Waals surface area contributed by atoms with E-state index in [1.165, 1.54) is 0 Å². The average Bonchev–Trinajstić information content (AvgIpc) is 2.96. The zero-order chi connectivity index (χ0) is 18.5. The normalized spacial score (nSPS) is 16.8. The fraction of sp³-hybridized carbons (Fsp3) is 0.421. The van der Waals surface area contributed by atoms with E-state index in [2.05, 4.69) is 20.3 Å². The van der Waals surface area contributed by atoms with Crippen LogP contribution in [0.2, 0.25) is 0 Å². The monoisotopic (exact) mass is 353 g/mol. The summed E-state index contributed by atoms with van der Waals surface area (Å²) >= 11 is 0. The fourth-order valence-corrected chi connectivity index (χ4v) is 3.17. The molecule has 26 heavy (non-hydrogen) atoms. The Morgan fingerprint density at radius 1 is 1.31 bits per heavy atom. The number of carbonyl (C=O) groups excluding carboxylic acids is 2. The maximum absolute atomic E-state index is 12.4. The lowest BCUT2D eigenvalue weighted by atomic mass is 10.1. The summed E-state index contributed by atoms with van der Waals surface area (Å²) in [5.41, 5.74) is 2.81. The number of aryl methyl sites for hydroxylation is 2. The molecule has 1 fully saturated rings. The van der Waals surface area contributed by atoms with Crippen LogP contribution in [0.15, 0.2) is 30.6 Å². The Morgan fingerprint density at radius 2 is 2.08 bits per heavy atom. The number of nitrogens with zero attached hydrogens (tertiary/aromatic N) is 4. The summed E-state index contributed by atoms with van der Waals surface area (Å²) < 4.78 is 0. The van der Waals surface area contributed by atoms with Gasteiger partial charge in [-0.25, -0.2) is 9.97 Å². The summed E-state index contributed by atoms with van der Waals surface area (Å²) in [5, 5.41) is 2.91. The van der Waals surface area contributed by atoms with Crippen LogP contribution >= 0.6 is 0 Å². The Labute approximate surface area is 152 Å². The molecule has 2 amide bonds. The van der Waals surface area contributed by atoms with Gasteiger partial charge in [-0.15, -0.1) is 0 Å². The molecular weight excluding hydrogens is 330 g/mol. The van der Waals surface area contributed by atoms with Crippen molar-refractivity contribution in [2.45, 2.75) is 33.2 Å². The fourth-order valence-electron chi connectivity index (χ4n) is 3.17. The van der Waals surface area contributed by atoms with Crippen LogP contribution in [0.4, 0.5) is 0 Å². The second-order valence-corrected chi connectivity index (χ2v) is 6.64. The van der Waals surface area contributed by atoms with Crippen LogP contribution in [-0.2, 0) is 22.6 Å². The minimum atomic E-state index is -0.306. The molecule has 7 heteroatoms. The molecule has 1 aliphatic heterocycles. The van der Waals surface area contributed by atoms with Crippen molar-refractivity contribution in [3.05, 3.63) is 53.4 Å². The number of hydrogen-bond acceptors (Lipinski definition) is 5. The molecule has 2 aromatic rings. The molecule has 7 nitrogen and oxygen atoms in total. The third-order valence-electron chi connectivity index (χ3n) is 4.36. The van der Waals surface area contributed by atoms with Crippen molar-refractivity contribution in [3.63, 3.8) is 0 Å². The van der Waals surface area contributed by atoms with Crippen LogP contribution in [0.5, 0.6) is 0 Å². The number of rotatable bonds is 6. The zero-order valence-corrected chi connectivity index (χ0v) is 15.1. The molecular formula is C19H23N5O2. The summed E-state index contributed by atoms with van der Waals surface area (Å²) in [4.78, 5) is 39.1. The molecule has 0 aromatic carbocycles. The molecule has 2 aromatic heterocycles. The summed E-state index contributed by atoms with van der Waals surface area (Å²) in [6.07, 6.45) is 4.27. The standard InChI is InChI=1S/C19H23N5O2/c1-13-8-14(2)23-17(22-13)5-7-21-19(26)16-9-18(25)24(12-16)11-15-4-3-6-20-10-15/h3-4,6,8,10,16H,5,7,9,11-12H2,1-2H3,(H,21,26)/t16-/m1/s1. The van der Waals surface area contributed by atoms with Crippen LogP contribution < -0.4 is 5.32 Å². The zero-order valence-electron chi connectivity index (χ0n) is 15.1. The molecule has 1 saturated heterocycles. The smallest absolute Gasteiger partial charge is 0.225 e. The van der Waals surface area contributed by atoms with E-state index in [0.29, 0.717) is 26.1 Å². The summed E-state index contributed by atoms with van der Waals surface area (Å²) in [7, 11) is 0. The maximum Gasteiger partial charge on any atom is 0.225 e. The molecule has 0 saturated carbocycles. The molecule has 0 spiro atoms. The Kier molecular flexibility index (Phi) is 5.55. The Balaban J connectivity index is 1.48. The van der Waals surface area contributed by atoms with E-state index in [0.717, 1.165) is 22.8 Å². The highest BCUT2D eigenvalue weighted by Crippen LogP contribution is 2.20. The highest BCUT2D eigenvalue weighted by Gasteiger charge is 2.34. The number of carbonyl (C=O) groups is 2. The van der Waals surface area contributed by atoms with Crippen molar-refractivity contribution in [2.75, 3.05) is 13.1 Å². The predicted molar refractivity (Wildman–Crippen MR) is 96.0 cm³/mol. The van der Waals surface area contributed by atoms with E-state index in [4.69, 9.17) is 0 Å². The summed E-state index contributed by atoms with van der Waals surface area (Å²) in [6, 6.07) is 5.69. The number of hydrogen-bond donors (Lipinski definition) is 1. The van der Waals surface area contributed by atoms with Crippen molar-refractivity contribution < 1.29 is 9.59 Å². The van der Waals surface area contributed by atoms with Crippen LogP contribution in [0.1, 0.15) is 29.2 Å². The highest BCUT2D eigenvalue weighted by molar-refractivity contribution is 5.89. The van der Waals surface area contributed by atoms with Crippen LogP contribution in [-0.4, -0.2) is 44.8 Å². The number of aromatic nitrogens is 3. The lowest BCUT2D eigenvalue weighted by Gasteiger charge is -2.16. The van der Waals surface area contributed by atoms with Gasteiger partial charge < -0.3 is 10.2 Å². The minimum Gasteiger partial charge on any atom is -0.355 e. The van der Waals surface area contributed by atoms with Gasteiger partial charge in [0.05, 0.1) is 5.92 Å².